The SMILES string of the molecule is O=C(C=Cc1cccc2ccccc12)Nc1ccccc1[C@@H](Nc1ccccn1)[C@H](c1ccccn1)[C@H](O)c1ccccc1. The predicted octanol–water partition coefficient (Wildman–Crippen LogP) is 7.95. The summed E-state index contributed by atoms with van der Waals surface area (Å²) in [6.07, 6.45) is 5.91. The van der Waals surface area contributed by atoms with Crippen molar-refractivity contribution >= 4 is 34.3 Å². The Hall–Kier alpha value is -5.59. The second-order valence-corrected chi connectivity index (χ2v) is 10.5. The lowest BCUT2D eigenvalue weighted by Crippen LogP contribution is -2.27. The third-order valence-electron chi connectivity index (χ3n) is 7.63. The van der Waals surface area contributed by atoms with Gasteiger partial charge in [-0.25, -0.2) is 4.98 Å². The molecular formula is C38H32N4O2. The lowest BCUT2D eigenvalue weighted by Gasteiger charge is -2.33. The Bertz CT molecular complexity index is 1860. The molecule has 216 valence electrons. The van der Waals surface area contributed by atoms with Crippen LogP contribution in [0.1, 0.15) is 40.4 Å². The molecule has 6 rings (SSSR count). The second-order valence-electron chi connectivity index (χ2n) is 10.5. The van der Waals surface area contributed by atoms with Crippen LogP contribution >= 0.6 is 0 Å². The van der Waals surface area contributed by atoms with Crippen molar-refractivity contribution in [3.8, 4) is 0 Å². The maximum absolute atomic E-state index is 13.4. The molecule has 4 aromatic carbocycles. The molecule has 2 heterocycles. The van der Waals surface area contributed by atoms with Gasteiger partial charge in [0, 0.05) is 29.9 Å². The highest BCUT2D eigenvalue weighted by Crippen LogP contribution is 2.43. The van der Waals surface area contributed by atoms with Gasteiger partial charge in [-0.2, -0.15) is 0 Å². The van der Waals surface area contributed by atoms with Crippen LogP contribution in [0, 0.1) is 0 Å². The lowest BCUT2D eigenvalue weighted by molar-refractivity contribution is -0.111. The highest BCUT2D eigenvalue weighted by Gasteiger charge is 2.35. The van der Waals surface area contributed by atoms with E-state index in [-0.39, 0.29) is 5.91 Å². The molecule has 0 aliphatic rings. The third kappa shape index (κ3) is 6.56. The number of carbonyl (C=O) groups excluding carboxylic acids is 1. The minimum atomic E-state index is -0.915. The van der Waals surface area contributed by atoms with Gasteiger partial charge in [0.05, 0.1) is 18.1 Å². The number of nitrogens with zero attached hydrogens (tertiary/aromatic N) is 2. The van der Waals surface area contributed by atoms with Crippen LogP contribution in [-0.2, 0) is 4.79 Å². The molecule has 0 bridgehead atoms. The first kappa shape index (κ1) is 28.5. The first-order valence-corrected chi connectivity index (χ1v) is 14.5. The van der Waals surface area contributed by atoms with Crippen LogP contribution in [0.25, 0.3) is 16.8 Å². The Morgan fingerprint density at radius 2 is 1.41 bits per heavy atom. The van der Waals surface area contributed by atoms with Gasteiger partial charge in [-0.15, -0.1) is 0 Å². The number of aliphatic hydroxyl groups is 1. The summed E-state index contributed by atoms with van der Waals surface area (Å²) in [6.45, 7) is 0. The molecule has 6 nitrogen and oxygen atoms in total. The third-order valence-corrected chi connectivity index (χ3v) is 7.63. The van der Waals surface area contributed by atoms with E-state index in [1.54, 1.807) is 18.5 Å². The number of pyridine rings is 2. The lowest BCUT2D eigenvalue weighted by atomic mass is 9.82. The number of amides is 1. The number of para-hydroxylation sites is 1. The van der Waals surface area contributed by atoms with Crippen LogP contribution in [0.15, 0.2) is 152 Å². The van der Waals surface area contributed by atoms with Gasteiger partial charge in [-0.3, -0.25) is 9.78 Å². The van der Waals surface area contributed by atoms with Gasteiger partial charge >= 0.3 is 0 Å². The molecule has 3 N–H and O–H groups in total. The fourth-order valence-corrected chi connectivity index (χ4v) is 5.53. The quantitative estimate of drug-likeness (QED) is 0.144. The Kier molecular flexibility index (Phi) is 8.81. The number of anilines is 2. The van der Waals surface area contributed by atoms with E-state index in [0.717, 1.165) is 27.5 Å². The number of rotatable bonds is 10. The van der Waals surface area contributed by atoms with Crippen molar-refractivity contribution in [3.05, 3.63) is 174 Å². The number of benzene rings is 4. The summed E-state index contributed by atoms with van der Waals surface area (Å²) in [5, 5.41) is 20.8. The molecule has 6 aromatic rings. The number of hydrogen-bond acceptors (Lipinski definition) is 5. The number of carbonyl (C=O) groups is 1. The Morgan fingerprint density at radius 1 is 0.705 bits per heavy atom. The normalized spacial score (nSPS) is 13.3. The van der Waals surface area contributed by atoms with E-state index in [2.05, 4.69) is 32.7 Å². The van der Waals surface area contributed by atoms with E-state index in [1.807, 2.05) is 127 Å². The van der Waals surface area contributed by atoms with Gasteiger partial charge < -0.3 is 15.7 Å². The smallest absolute Gasteiger partial charge is 0.248 e. The molecule has 0 aliphatic carbocycles. The van der Waals surface area contributed by atoms with Gasteiger partial charge in [0.15, 0.2) is 0 Å². The van der Waals surface area contributed by atoms with Crippen LogP contribution in [0.5, 0.6) is 0 Å². The fourth-order valence-electron chi connectivity index (χ4n) is 5.53. The van der Waals surface area contributed by atoms with Crippen LogP contribution < -0.4 is 10.6 Å². The molecule has 1 amide bonds. The molecule has 0 spiro atoms. The van der Waals surface area contributed by atoms with Gasteiger partial charge in [-0.05, 0) is 63.9 Å². The molecule has 0 saturated carbocycles. The molecule has 0 radical (unpaired) electrons. The van der Waals surface area contributed by atoms with E-state index >= 15 is 0 Å². The first-order valence-electron chi connectivity index (χ1n) is 14.5. The van der Waals surface area contributed by atoms with Crippen LogP contribution in [0.2, 0.25) is 0 Å². The average Bonchev–Trinajstić information content (AvgIpc) is 3.08. The zero-order chi connectivity index (χ0) is 30.1. The molecule has 6 heteroatoms. The Morgan fingerprint density at radius 3 is 2.20 bits per heavy atom. The van der Waals surface area contributed by atoms with Crippen molar-refractivity contribution in [2.75, 3.05) is 10.6 Å². The van der Waals surface area contributed by atoms with E-state index in [9.17, 15) is 9.90 Å². The fraction of sp³-hybridized carbons (Fsp3) is 0.0789. The minimum absolute atomic E-state index is 0.264. The van der Waals surface area contributed by atoms with Gasteiger partial charge in [0.1, 0.15) is 5.82 Å². The number of hydrogen-bond donors (Lipinski definition) is 3. The summed E-state index contributed by atoms with van der Waals surface area (Å²) < 4.78 is 0. The van der Waals surface area contributed by atoms with Gasteiger partial charge in [0.2, 0.25) is 5.91 Å². The zero-order valence-corrected chi connectivity index (χ0v) is 24.0. The molecule has 0 unspecified atom stereocenters. The molecule has 3 atom stereocenters. The molecule has 44 heavy (non-hydrogen) atoms. The number of aliphatic hydroxyl groups excluding tert-OH is 1. The van der Waals surface area contributed by atoms with Crippen LogP contribution in [0.4, 0.5) is 11.5 Å². The summed E-state index contributed by atoms with van der Waals surface area (Å²) in [6, 6.07) is 42.1. The number of aromatic nitrogens is 2. The van der Waals surface area contributed by atoms with E-state index < -0.39 is 18.1 Å². The van der Waals surface area contributed by atoms with Gasteiger partial charge in [0.25, 0.3) is 0 Å². The minimum Gasteiger partial charge on any atom is -0.388 e. The molecule has 2 aromatic heterocycles. The summed E-state index contributed by atoms with van der Waals surface area (Å²) in [4.78, 5) is 22.6. The highest BCUT2D eigenvalue weighted by molar-refractivity contribution is 6.04. The van der Waals surface area contributed by atoms with E-state index in [0.29, 0.717) is 17.2 Å². The van der Waals surface area contributed by atoms with Crippen LogP contribution in [0.3, 0.4) is 0 Å². The van der Waals surface area contributed by atoms with E-state index in [4.69, 9.17) is 0 Å². The second kappa shape index (κ2) is 13.6. The number of nitrogens with one attached hydrogen (secondary N) is 2. The monoisotopic (exact) mass is 576 g/mol. The van der Waals surface area contributed by atoms with Crippen LogP contribution in [-0.4, -0.2) is 21.0 Å². The summed E-state index contributed by atoms with van der Waals surface area (Å²) in [7, 11) is 0. The van der Waals surface area contributed by atoms with Crippen molar-refractivity contribution < 1.29 is 9.90 Å². The predicted molar refractivity (Wildman–Crippen MR) is 177 cm³/mol. The molecule has 0 fully saturated rings. The van der Waals surface area contributed by atoms with Crippen molar-refractivity contribution in [1.82, 2.24) is 9.97 Å². The largest absolute Gasteiger partial charge is 0.388 e. The topological polar surface area (TPSA) is 87.1 Å². The molecular weight excluding hydrogens is 544 g/mol. The van der Waals surface area contributed by atoms with E-state index in [1.165, 1.54) is 0 Å². The van der Waals surface area contributed by atoms with Crippen molar-refractivity contribution in [2.24, 2.45) is 0 Å². The Labute approximate surface area is 256 Å². The van der Waals surface area contributed by atoms with Crippen molar-refractivity contribution in [2.45, 2.75) is 18.1 Å². The van der Waals surface area contributed by atoms with Gasteiger partial charge in [-0.1, -0.05) is 103 Å². The summed E-state index contributed by atoms with van der Waals surface area (Å²) in [5.41, 5.74) is 3.83. The maximum Gasteiger partial charge on any atom is 0.248 e. The van der Waals surface area contributed by atoms with Crippen molar-refractivity contribution in [3.63, 3.8) is 0 Å². The standard InChI is InChI=1S/C38H32N4O2/c43-35(24-23-28-17-12-16-27-13-4-5-18-30(27)28)41-32-20-7-6-19-31(32)37(42-34-22-9-11-26-40-34)36(33-21-8-10-25-39-33)38(44)29-14-2-1-3-15-29/h1-26,36-38,44H,(H,40,42)(H,41,43)/t36-,37+,38+/m0/s1. The molecule has 0 saturated heterocycles. The maximum atomic E-state index is 13.4. The summed E-state index contributed by atoms with van der Waals surface area (Å²) >= 11 is 0. The molecule has 0 aliphatic heterocycles. The van der Waals surface area contributed by atoms with Crippen molar-refractivity contribution in [1.29, 1.82) is 0 Å². The zero-order valence-electron chi connectivity index (χ0n) is 24.0. The highest BCUT2D eigenvalue weighted by atomic mass is 16.3. The summed E-state index contributed by atoms with van der Waals surface area (Å²) in [5.74, 6) is -0.166. The first-order chi connectivity index (χ1) is 21.7. The number of fused-ring (bicyclic) bond motifs is 1. The Balaban J connectivity index is 1.38. The average molecular weight is 577 g/mol.